The first-order valence-corrected chi connectivity index (χ1v) is 7.78. The van der Waals surface area contributed by atoms with Crippen molar-refractivity contribution in [2.75, 3.05) is 19.6 Å². The molecule has 18 heavy (non-hydrogen) atoms. The Kier molecular flexibility index (Phi) is 6.95. The van der Waals surface area contributed by atoms with Crippen LogP contribution in [-0.4, -0.2) is 36.1 Å². The van der Waals surface area contributed by atoms with E-state index in [1.54, 1.807) is 0 Å². The van der Waals surface area contributed by atoms with Crippen molar-refractivity contribution >= 4 is 0 Å². The average molecular weight is 252 g/mol. The van der Waals surface area contributed by atoms with E-state index in [-0.39, 0.29) is 5.54 Å². The molecule has 0 spiro atoms. The standard InChI is InChI=1S/C16H32N2/c1-5-11-15(17-12-6-2)16(4,7-3)18-13-9-8-10-14-18/h5,15,17H,1,6-14H2,2-4H3. The van der Waals surface area contributed by atoms with Gasteiger partial charge in [0.05, 0.1) is 0 Å². The summed E-state index contributed by atoms with van der Waals surface area (Å²) >= 11 is 0. The van der Waals surface area contributed by atoms with Crippen molar-refractivity contribution < 1.29 is 0 Å². The van der Waals surface area contributed by atoms with Gasteiger partial charge in [0, 0.05) is 11.6 Å². The van der Waals surface area contributed by atoms with Gasteiger partial charge in [0.1, 0.15) is 0 Å². The summed E-state index contributed by atoms with van der Waals surface area (Å²) < 4.78 is 0. The molecule has 0 bridgehead atoms. The fourth-order valence-corrected chi connectivity index (χ4v) is 3.14. The summed E-state index contributed by atoms with van der Waals surface area (Å²) in [4.78, 5) is 2.72. The molecule has 1 rings (SSSR count). The largest absolute Gasteiger partial charge is 0.312 e. The van der Waals surface area contributed by atoms with E-state index in [1.165, 1.54) is 45.2 Å². The second kappa shape index (κ2) is 7.96. The van der Waals surface area contributed by atoms with E-state index in [0.717, 1.165) is 13.0 Å². The van der Waals surface area contributed by atoms with Crippen molar-refractivity contribution in [1.82, 2.24) is 10.2 Å². The van der Waals surface area contributed by atoms with Crippen LogP contribution in [0, 0.1) is 0 Å². The van der Waals surface area contributed by atoms with Crippen LogP contribution in [0.2, 0.25) is 0 Å². The van der Waals surface area contributed by atoms with Crippen molar-refractivity contribution in [3.63, 3.8) is 0 Å². The molecule has 1 heterocycles. The minimum atomic E-state index is 0.282. The van der Waals surface area contributed by atoms with Gasteiger partial charge in [-0.25, -0.2) is 0 Å². The second-order valence-corrected chi connectivity index (χ2v) is 5.79. The van der Waals surface area contributed by atoms with Gasteiger partial charge in [0.15, 0.2) is 0 Å². The SMILES string of the molecule is C=CCC(NCCC)C(C)(CC)N1CCCCC1. The number of likely N-dealkylation sites (tertiary alicyclic amines) is 1. The molecule has 2 atom stereocenters. The molecule has 106 valence electrons. The zero-order valence-electron chi connectivity index (χ0n) is 12.7. The first-order valence-electron chi connectivity index (χ1n) is 7.78. The molecule has 1 aliphatic rings. The van der Waals surface area contributed by atoms with Gasteiger partial charge in [0.2, 0.25) is 0 Å². The summed E-state index contributed by atoms with van der Waals surface area (Å²) in [5, 5.41) is 3.75. The molecule has 0 radical (unpaired) electrons. The van der Waals surface area contributed by atoms with Crippen LogP contribution in [0.5, 0.6) is 0 Å². The van der Waals surface area contributed by atoms with Gasteiger partial charge in [-0.2, -0.15) is 0 Å². The van der Waals surface area contributed by atoms with Crippen molar-refractivity contribution in [3.05, 3.63) is 12.7 Å². The maximum atomic E-state index is 3.94. The monoisotopic (exact) mass is 252 g/mol. The van der Waals surface area contributed by atoms with Gasteiger partial charge >= 0.3 is 0 Å². The van der Waals surface area contributed by atoms with Gasteiger partial charge in [0.25, 0.3) is 0 Å². The molecule has 0 aliphatic carbocycles. The van der Waals surface area contributed by atoms with Crippen LogP contribution in [0.3, 0.4) is 0 Å². The van der Waals surface area contributed by atoms with Gasteiger partial charge < -0.3 is 5.32 Å². The van der Waals surface area contributed by atoms with Crippen LogP contribution in [-0.2, 0) is 0 Å². The summed E-state index contributed by atoms with van der Waals surface area (Å²) in [6.45, 7) is 14.6. The van der Waals surface area contributed by atoms with Crippen LogP contribution >= 0.6 is 0 Å². The lowest BCUT2D eigenvalue weighted by molar-refractivity contribution is 0.0438. The lowest BCUT2D eigenvalue weighted by Crippen LogP contribution is -2.60. The zero-order valence-corrected chi connectivity index (χ0v) is 12.7. The highest BCUT2D eigenvalue weighted by atomic mass is 15.2. The predicted octanol–water partition coefficient (Wildman–Crippen LogP) is 3.59. The van der Waals surface area contributed by atoms with E-state index in [0.29, 0.717) is 6.04 Å². The molecule has 0 aromatic heterocycles. The van der Waals surface area contributed by atoms with Gasteiger partial charge in [-0.3, -0.25) is 4.90 Å². The molecule has 1 aliphatic heterocycles. The van der Waals surface area contributed by atoms with E-state index in [2.05, 4.69) is 43.6 Å². The lowest BCUT2D eigenvalue weighted by atomic mass is 9.83. The summed E-state index contributed by atoms with van der Waals surface area (Å²) in [6.07, 6.45) is 9.70. The van der Waals surface area contributed by atoms with E-state index in [4.69, 9.17) is 0 Å². The molecule has 0 aromatic rings. The highest BCUT2D eigenvalue weighted by Gasteiger charge is 2.37. The zero-order chi connectivity index (χ0) is 13.4. The van der Waals surface area contributed by atoms with Crippen molar-refractivity contribution in [1.29, 1.82) is 0 Å². The van der Waals surface area contributed by atoms with Crippen LogP contribution in [0.4, 0.5) is 0 Å². The van der Waals surface area contributed by atoms with Crippen LogP contribution in [0.15, 0.2) is 12.7 Å². The Morgan fingerprint density at radius 2 is 1.94 bits per heavy atom. The fourth-order valence-electron chi connectivity index (χ4n) is 3.14. The van der Waals surface area contributed by atoms with Crippen LogP contribution < -0.4 is 5.32 Å². The topological polar surface area (TPSA) is 15.3 Å². The fraction of sp³-hybridized carbons (Fsp3) is 0.875. The first-order chi connectivity index (χ1) is 8.69. The summed E-state index contributed by atoms with van der Waals surface area (Å²) in [7, 11) is 0. The molecule has 2 heteroatoms. The maximum absolute atomic E-state index is 3.94. The van der Waals surface area contributed by atoms with E-state index >= 15 is 0 Å². The lowest BCUT2D eigenvalue weighted by Gasteiger charge is -2.48. The molecular formula is C16H32N2. The molecule has 1 fully saturated rings. The Hall–Kier alpha value is -0.340. The van der Waals surface area contributed by atoms with Crippen molar-refractivity contribution in [2.45, 2.75) is 70.9 Å². The van der Waals surface area contributed by atoms with Crippen molar-refractivity contribution in [2.24, 2.45) is 0 Å². The van der Waals surface area contributed by atoms with Crippen LogP contribution in [0.25, 0.3) is 0 Å². The third-order valence-corrected chi connectivity index (χ3v) is 4.59. The average Bonchev–Trinajstić information content (AvgIpc) is 2.43. The Morgan fingerprint density at radius 1 is 1.28 bits per heavy atom. The molecule has 2 unspecified atom stereocenters. The molecule has 0 amide bonds. The highest BCUT2D eigenvalue weighted by molar-refractivity contribution is 4.99. The Bertz CT molecular complexity index is 233. The molecule has 0 saturated carbocycles. The third-order valence-electron chi connectivity index (χ3n) is 4.59. The molecule has 1 N–H and O–H groups in total. The van der Waals surface area contributed by atoms with E-state index in [1.807, 2.05) is 0 Å². The number of nitrogens with one attached hydrogen (secondary N) is 1. The van der Waals surface area contributed by atoms with Gasteiger partial charge in [-0.15, -0.1) is 6.58 Å². The maximum Gasteiger partial charge on any atom is 0.0334 e. The second-order valence-electron chi connectivity index (χ2n) is 5.79. The van der Waals surface area contributed by atoms with Crippen molar-refractivity contribution in [3.8, 4) is 0 Å². The van der Waals surface area contributed by atoms with Gasteiger partial charge in [-0.1, -0.05) is 26.3 Å². The molecule has 1 saturated heterocycles. The number of piperidine rings is 1. The summed E-state index contributed by atoms with van der Waals surface area (Å²) in [5.74, 6) is 0. The molecular weight excluding hydrogens is 220 g/mol. The number of rotatable bonds is 8. The minimum absolute atomic E-state index is 0.282. The minimum Gasteiger partial charge on any atom is -0.312 e. The number of hydrogen-bond donors (Lipinski definition) is 1. The predicted molar refractivity (Wildman–Crippen MR) is 81.0 cm³/mol. The van der Waals surface area contributed by atoms with Crippen LogP contribution in [0.1, 0.15) is 59.3 Å². The van der Waals surface area contributed by atoms with E-state index in [9.17, 15) is 0 Å². The third kappa shape index (κ3) is 3.83. The summed E-state index contributed by atoms with van der Waals surface area (Å²) in [5.41, 5.74) is 0.282. The molecule has 2 nitrogen and oxygen atoms in total. The number of hydrogen-bond acceptors (Lipinski definition) is 2. The highest BCUT2D eigenvalue weighted by Crippen LogP contribution is 2.29. The number of nitrogens with zero attached hydrogens (tertiary/aromatic N) is 1. The Balaban J connectivity index is 2.74. The molecule has 0 aromatic carbocycles. The van der Waals surface area contributed by atoms with E-state index < -0.39 is 0 Å². The normalized spacial score (nSPS) is 22.4. The van der Waals surface area contributed by atoms with Gasteiger partial charge in [-0.05, 0) is 58.7 Å². The Labute approximate surface area is 114 Å². The summed E-state index contributed by atoms with van der Waals surface area (Å²) in [6, 6.07) is 0.540. The first kappa shape index (κ1) is 15.7. The smallest absolute Gasteiger partial charge is 0.0334 e. The quantitative estimate of drug-likeness (QED) is 0.664. The Morgan fingerprint density at radius 3 is 2.44 bits per heavy atom.